The molecule has 3 nitrogen and oxygen atoms in total. The van der Waals surface area contributed by atoms with Crippen LogP contribution in [0.5, 0.6) is 0 Å². The maximum Gasteiger partial charge on any atom is 0.0568 e. The summed E-state index contributed by atoms with van der Waals surface area (Å²) < 4.78 is 2.87. The van der Waals surface area contributed by atoms with Crippen molar-refractivity contribution in [3.8, 4) is 0 Å². The number of aryl methyl sites for hydroxylation is 1. The van der Waals surface area contributed by atoms with Gasteiger partial charge in [-0.3, -0.25) is 4.68 Å². The second kappa shape index (κ2) is 6.25. The Morgan fingerprint density at radius 1 is 1.44 bits per heavy atom. The van der Waals surface area contributed by atoms with Crippen LogP contribution < -0.4 is 5.32 Å². The minimum Gasteiger partial charge on any atom is -0.381 e. The van der Waals surface area contributed by atoms with Crippen LogP contribution in [-0.4, -0.2) is 9.78 Å². The predicted molar refractivity (Wildman–Crippen MR) is 79.0 cm³/mol. The normalized spacial score (nSPS) is 10.6. The third-order valence-electron chi connectivity index (χ3n) is 2.56. The molecular formula is C13H15BrClN3. The van der Waals surface area contributed by atoms with Crippen molar-refractivity contribution in [3.05, 3.63) is 45.7 Å². The van der Waals surface area contributed by atoms with E-state index in [9.17, 15) is 0 Å². The lowest BCUT2D eigenvalue weighted by atomic mass is 10.3. The Balaban J connectivity index is 1.95. The molecule has 1 aromatic carbocycles. The molecule has 5 heteroatoms. The van der Waals surface area contributed by atoms with Crippen LogP contribution in [0, 0.1) is 0 Å². The van der Waals surface area contributed by atoms with Gasteiger partial charge in [0, 0.05) is 35.0 Å². The van der Waals surface area contributed by atoms with E-state index in [1.54, 1.807) is 0 Å². The molecule has 0 aliphatic rings. The fourth-order valence-electron chi connectivity index (χ4n) is 1.66. The van der Waals surface area contributed by atoms with E-state index in [4.69, 9.17) is 11.6 Å². The molecule has 0 radical (unpaired) electrons. The van der Waals surface area contributed by atoms with E-state index in [2.05, 4.69) is 39.5 Å². The van der Waals surface area contributed by atoms with E-state index < -0.39 is 0 Å². The molecule has 1 heterocycles. The molecule has 0 fully saturated rings. The number of hydrogen-bond acceptors (Lipinski definition) is 2. The zero-order valence-corrected chi connectivity index (χ0v) is 12.5. The minimum atomic E-state index is 0.710. The lowest BCUT2D eigenvalue weighted by molar-refractivity contribution is 0.602. The molecule has 0 bridgehead atoms. The monoisotopic (exact) mass is 327 g/mol. The van der Waals surface area contributed by atoms with Crippen LogP contribution in [-0.2, 0) is 13.1 Å². The van der Waals surface area contributed by atoms with E-state index >= 15 is 0 Å². The van der Waals surface area contributed by atoms with Crippen molar-refractivity contribution in [3.63, 3.8) is 0 Å². The molecular weight excluding hydrogens is 314 g/mol. The van der Waals surface area contributed by atoms with Crippen molar-refractivity contribution in [2.75, 3.05) is 5.32 Å². The number of nitrogens with zero attached hydrogens (tertiary/aromatic N) is 2. The van der Waals surface area contributed by atoms with Gasteiger partial charge >= 0.3 is 0 Å². The summed E-state index contributed by atoms with van der Waals surface area (Å²) in [7, 11) is 0. The first-order valence-corrected chi connectivity index (χ1v) is 7.06. The Labute approximate surface area is 120 Å². The summed E-state index contributed by atoms with van der Waals surface area (Å²) in [4.78, 5) is 0. The quantitative estimate of drug-likeness (QED) is 0.886. The summed E-state index contributed by atoms with van der Waals surface area (Å²) in [5, 5.41) is 8.33. The van der Waals surface area contributed by atoms with Gasteiger partial charge in [-0.2, -0.15) is 5.10 Å². The third-order valence-corrected chi connectivity index (χ3v) is 3.79. The summed E-state index contributed by atoms with van der Waals surface area (Å²) in [6.07, 6.45) is 5.05. The summed E-state index contributed by atoms with van der Waals surface area (Å²) in [6, 6.07) is 5.83. The van der Waals surface area contributed by atoms with E-state index in [0.717, 1.165) is 29.7 Å². The highest BCUT2D eigenvalue weighted by molar-refractivity contribution is 9.10. The van der Waals surface area contributed by atoms with Crippen LogP contribution in [0.15, 0.2) is 35.1 Å². The van der Waals surface area contributed by atoms with Crippen LogP contribution >= 0.6 is 27.5 Å². The molecule has 0 saturated heterocycles. The maximum absolute atomic E-state index is 6.04. The fraction of sp³-hybridized carbons (Fsp3) is 0.308. The second-order valence-electron chi connectivity index (χ2n) is 4.09. The van der Waals surface area contributed by atoms with E-state index in [1.165, 1.54) is 5.56 Å². The number of anilines is 1. The van der Waals surface area contributed by atoms with Crippen LogP contribution in [0.25, 0.3) is 0 Å². The number of nitrogens with one attached hydrogen (secondary N) is 1. The van der Waals surface area contributed by atoms with Gasteiger partial charge in [-0.05, 0) is 40.5 Å². The number of rotatable bonds is 5. The van der Waals surface area contributed by atoms with Gasteiger partial charge in [0.1, 0.15) is 0 Å². The van der Waals surface area contributed by atoms with Crippen LogP contribution in [0.1, 0.15) is 18.9 Å². The number of benzene rings is 1. The standard InChI is InChI=1S/C13H15BrClN3/c1-2-5-18-9-10(8-17-18)7-16-11-3-4-12(14)13(15)6-11/h3-4,6,8-9,16H,2,5,7H2,1H3. The number of aromatic nitrogens is 2. The summed E-state index contributed by atoms with van der Waals surface area (Å²) >= 11 is 9.41. The molecule has 0 aliphatic carbocycles. The van der Waals surface area contributed by atoms with Crippen molar-refractivity contribution < 1.29 is 0 Å². The van der Waals surface area contributed by atoms with Crippen LogP contribution in [0.3, 0.4) is 0 Å². The van der Waals surface area contributed by atoms with Gasteiger partial charge < -0.3 is 5.32 Å². The topological polar surface area (TPSA) is 29.9 Å². The minimum absolute atomic E-state index is 0.710. The van der Waals surface area contributed by atoms with E-state index in [1.807, 2.05) is 29.1 Å². The first-order chi connectivity index (χ1) is 8.69. The first-order valence-electron chi connectivity index (χ1n) is 5.89. The molecule has 0 atom stereocenters. The molecule has 0 aliphatic heterocycles. The Kier molecular flexibility index (Phi) is 4.66. The van der Waals surface area contributed by atoms with Gasteiger partial charge in [-0.15, -0.1) is 0 Å². The second-order valence-corrected chi connectivity index (χ2v) is 5.36. The molecule has 2 rings (SSSR count). The Morgan fingerprint density at radius 2 is 2.28 bits per heavy atom. The highest BCUT2D eigenvalue weighted by Crippen LogP contribution is 2.25. The lowest BCUT2D eigenvalue weighted by Crippen LogP contribution is -1.99. The maximum atomic E-state index is 6.04. The van der Waals surface area contributed by atoms with E-state index in [-0.39, 0.29) is 0 Å². The van der Waals surface area contributed by atoms with Crippen LogP contribution in [0.4, 0.5) is 5.69 Å². The molecule has 0 amide bonds. The largest absolute Gasteiger partial charge is 0.381 e. The van der Waals surface area contributed by atoms with Crippen molar-refractivity contribution in [1.29, 1.82) is 0 Å². The third kappa shape index (κ3) is 3.50. The molecule has 0 unspecified atom stereocenters. The zero-order valence-electron chi connectivity index (χ0n) is 10.2. The van der Waals surface area contributed by atoms with Gasteiger partial charge in [0.2, 0.25) is 0 Å². The Hall–Kier alpha value is -1.00. The summed E-state index contributed by atoms with van der Waals surface area (Å²) in [6.45, 7) is 3.86. The van der Waals surface area contributed by atoms with Gasteiger partial charge in [0.15, 0.2) is 0 Å². The Bertz CT molecular complexity index is 525. The fourth-order valence-corrected chi connectivity index (χ4v) is 2.09. The first kappa shape index (κ1) is 13.4. The van der Waals surface area contributed by atoms with Gasteiger partial charge in [-0.1, -0.05) is 18.5 Å². The SMILES string of the molecule is CCCn1cc(CNc2ccc(Br)c(Cl)c2)cn1. The number of hydrogen-bond donors (Lipinski definition) is 1. The molecule has 1 aromatic heterocycles. The number of halogens is 2. The molecule has 0 spiro atoms. The smallest absolute Gasteiger partial charge is 0.0568 e. The molecule has 96 valence electrons. The highest BCUT2D eigenvalue weighted by atomic mass is 79.9. The van der Waals surface area contributed by atoms with Crippen molar-refractivity contribution in [2.24, 2.45) is 0 Å². The van der Waals surface area contributed by atoms with Crippen molar-refractivity contribution in [1.82, 2.24) is 9.78 Å². The molecule has 2 aromatic rings. The van der Waals surface area contributed by atoms with Crippen molar-refractivity contribution >= 4 is 33.2 Å². The van der Waals surface area contributed by atoms with E-state index in [0.29, 0.717) is 5.02 Å². The summed E-state index contributed by atoms with van der Waals surface area (Å²) in [5.74, 6) is 0. The average molecular weight is 329 g/mol. The highest BCUT2D eigenvalue weighted by Gasteiger charge is 2.01. The lowest BCUT2D eigenvalue weighted by Gasteiger charge is -2.06. The predicted octanol–water partition coefficient (Wildman–Crippen LogP) is 4.32. The summed E-state index contributed by atoms with van der Waals surface area (Å²) in [5.41, 5.74) is 2.17. The van der Waals surface area contributed by atoms with Gasteiger partial charge in [-0.25, -0.2) is 0 Å². The van der Waals surface area contributed by atoms with Crippen molar-refractivity contribution in [2.45, 2.75) is 26.4 Å². The molecule has 1 N–H and O–H groups in total. The van der Waals surface area contributed by atoms with Gasteiger partial charge in [0.25, 0.3) is 0 Å². The Morgan fingerprint density at radius 3 is 3.00 bits per heavy atom. The molecule has 0 saturated carbocycles. The van der Waals surface area contributed by atoms with Crippen LogP contribution in [0.2, 0.25) is 5.02 Å². The van der Waals surface area contributed by atoms with Gasteiger partial charge in [0.05, 0.1) is 11.2 Å². The zero-order chi connectivity index (χ0) is 13.0. The average Bonchev–Trinajstić information content (AvgIpc) is 2.79. The molecule has 18 heavy (non-hydrogen) atoms.